The average molecular weight is 631 g/mol. The van der Waals surface area contributed by atoms with Crippen molar-refractivity contribution in [3.63, 3.8) is 0 Å². The molecule has 0 aliphatic heterocycles. The zero-order valence-corrected chi connectivity index (χ0v) is 25.9. The minimum atomic E-state index is -4.07. The van der Waals surface area contributed by atoms with Crippen molar-refractivity contribution in [2.45, 2.75) is 18.7 Å². The molecule has 2 N–H and O–H groups in total. The van der Waals surface area contributed by atoms with Gasteiger partial charge in [0.1, 0.15) is 23.8 Å². The van der Waals surface area contributed by atoms with E-state index in [1.54, 1.807) is 92.0 Å². The van der Waals surface area contributed by atoms with Gasteiger partial charge in [-0.1, -0.05) is 17.7 Å². The Morgan fingerprint density at radius 3 is 2.02 bits per heavy atom. The van der Waals surface area contributed by atoms with Crippen LogP contribution in [-0.2, 0) is 19.6 Å². The lowest BCUT2D eigenvalue weighted by Gasteiger charge is -2.24. The number of hydrogen-bond donors (Lipinski definition) is 2. The Balaban J connectivity index is 1.35. The second kappa shape index (κ2) is 15.4. The highest BCUT2D eigenvalue weighted by Gasteiger charge is 2.27. The molecule has 0 saturated heterocycles. The first-order valence-corrected chi connectivity index (χ1v) is 15.4. The number of carbonyl (C=O) groups is 2. The summed E-state index contributed by atoms with van der Waals surface area (Å²) in [5.41, 5.74) is 4.85. The number of hydrazone groups is 1. The molecule has 12 heteroatoms. The Morgan fingerprint density at radius 1 is 0.800 bits per heavy atom. The van der Waals surface area contributed by atoms with Crippen LogP contribution in [0.4, 0.5) is 11.4 Å². The van der Waals surface area contributed by atoms with E-state index >= 15 is 0 Å². The number of nitrogens with zero attached hydrogens (tertiary/aromatic N) is 2. The van der Waals surface area contributed by atoms with Crippen LogP contribution < -0.4 is 29.3 Å². The number of hydrogen-bond acceptors (Lipinski definition) is 8. The van der Waals surface area contributed by atoms with Crippen molar-refractivity contribution in [1.82, 2.24) is 5.43 Å². The molecular formula is C33H34N4O7S. The van der Waals surface area contributed by atoms with Crippen LogP contribution in [0.3, 0.4) is 0 Å². The van der Waals surface area contributed by atoms with Crippen LogP contribution >= 0.6 is 0 Å². The summed E-state index contributed by atoms with van der Waals surface area (Å²) in [6.07, 6.45) is 1.41. The first-order valence-electron chi connectivity index (χ1n) is 14.0. The number of amides is 2. The van der Waals surface area contributed by atoms with Gasteiger partial charge in [0.25, 0.3) is 21.8 Å². The molecule has 4 aromatic carbocycles. The Hall–Kier alpha value is -5.36. The largest absolute Gasteiger partial charge is 0.497 e. The lowest BCUT2D eigenvalue weighted by atomic mass is 10.2. The Kier molecular flexibility index (Phi) is 11.1. The standard InChI is InChI=1S/C33H34N4O7S/c1-4-43-29-17-11-27(12-18-29)37(45(40,41)31-19-5-24(2)6-20-31)22-32(38)36-34-21-25-7-13-30(14-8-25)44-23-33(39)35-26-9-15-28(42-3)16-10-26/h5-21H,4,22-23H2,1-3H3,(H,35,39)(H,36,38)/b34-21-. The number of ether oxygens (including phenoxy) is 3. The van der Waals surface area contributed by atoms with Gasteiger partial charge in [0, 0.05) is 5.69 Å². The van der Waals surface area contributed by atoms with Gasteiger partial charge in [-0.2, -0.15) is 5.10 Å². The van der Waals surface area contributed by atoms with E-state index in [4.69, 9.17) is 14.2 Å². The number of anilines is 2. The third-order valence-electron chi connectivity index (χ3n) is 6.36. The molecule has 0 fully saturated rings. The number of aryl methyl sites for hydroxylation is 1. The summed E-state index contributed by atoms with van der Waals surface area (Å²) in [6, 6.07) is 26.5. The van der Waals surface area contributed by atoms with E-state index in [9.17, 15) is 18.0 Å². The van der Waals surface area contributed by atoms with Crippen molar-refractivity contribution in [2.24, 2.45) is 5.10 Å². The summed E-state index contributed by atoms with van der Waals surface area (Å²) < 4.78 is 44.3. The van der Waals surface area contributed by atoms with Gasteiger partial charge in [-0.3, -0.25) is 13.9 Å². The van der Waals surface area contributed by atoms with Crippen molar-refractivity contribution in [3.05, 3.63) is 108 Å². The SMILES string of the molecule is CCOc1ccc(N(CC(=O)N/N=C\c2ccc(OCC(=O)Nc3ccc(OC)cc3)cc2)S(=O)(=O)c2ccc(C)cc2)cc1. The predicted molar refractivity (Wildman–Crippen MR) is 173 cm³/mol. The van der Waals surface area contributed by atoms with Gasteiger partial charge in [-0.05, 0) is 104 Å². The molecule has 0 saturated carbocycles. The van der Waals surface area contributed by atoms with Crippen molar-refractivity contribution < 1.29 is 32.2 Å². The maximum Gasteiger partial charge on any atom is 0.264 e. The third kappa shape index (κ3) is 9.31. The predicted octanol–water partition coefficient (Wildman–Crippen LogP) is 4.77. The molecule has 2 amide bonds. The summed E-state index contributed by atoms with van der Waals surface area (Å²) >= 11 is 0. The van der Waals surface area contributed by atoms with Gasteiger partial charge in [0.05, 0.1) is 30.5 Å². The van der Waals surface area contributed by atoms with E-state index in [1.807, 2.05) is 13.8 Å². The quantitative estimate of drug-likeness (QED) is 0.151. The number of methoxy groups -OCH3 is 1. The topological polar surface area (TPSA) is 136 Å². The Bertz CT molecular complexity index is 1710. The Morgan fingerprint density at radius 2 is 1.40 bits per heavy atom. The molecule has 0 bridgehead atoms. The highest BCUT2D eigenvalue weighted by molar-refractivity contribution is 7.92. The van der Waals surface area contributed by atoms with E-state index < -0.39 is 22.5 Å². The first kappa shape index (κ1) is 32.6. The fourth-order valence-corrected chi connectivity index (χ4v) is 5.46. The third-order valence-corrected chi connectivity index (χ3v) is 8.15. The van der Waals surface area contributed by atoms with Crippen LogP contribution in [0, 0.1) is 6.92 Å². The highest BCUT2D eigenvalue weighted by Crippen LogP contribution is 2.26. The first-order chi connectivity index (χ1) is 21.7. The van der Waals surface area contributed by atoms with E-state index in [-0.39, 0.29) is 17.4 Å². The minimum Gasteiger partial charge on any atom is -0.497 e. The molecular weight excluding hydrogens is 596 g/mol. The molecule has 234 valence electrons. The molecule has 0 radical (unpaired) electrons. The summed E-state index contributed by atoms with van der Waals surface area (Å²) in [7, 11) is -2.51. The van der Waals surface area contributed by atoms with Crippen LogP contribution in [0.2, 0.25) is 0 Å². The van der Waals surface area contributed by atoms with Crippen LogP contribution in [0.1, 0.15) is 18.1 Å². The summed E-state index contributed by atoms with van der Waals surface area (Å²) in [6.45, 7) is 3.47. The lowest BCUT2D eigenvalue weighted by molar-refractivity contribution is -0.119. The number of carbonyl (C=O) groups excluding carboxylic acids is 2. The maximum absolute atomic E-state index is 13.6. The molecule has 0 aromatic heterocycles. The van der Waals surface area contributed by atoms with Crippen LogP contribution in [-0.4, -0.2) is 53.3 Å². The summed E-state index contributed by atoms with van der Waals surface area (Å²) in [5.74, 6) is 0.768. The molecule has 0 spiro atoms. The zero-order chi connectivity index (χ0) is 32.2. The fraction of sp³-hybridized carbons (Fsp3) is 0.182. The van der Waals surface area contributed by atoms with Crippen molar-refractivity contribution >= 4 is 39.4 Å². The van der Waals surface area contributed by atoms with Crippen LogP contribution in [0.25, 0.3) is 0 Å². The van der Waals surface area contributed by atoms with E-state index in [1.165, 1.54) is 18.3 Å². The molecule has 4 rings (SSSR count). The molecule has 0 aliphatic carbocycles. The molecule has 4 aromatic rings. The normalized spacial score (nSPS) is 11.1. The minimum absolute atomic E-state index is 0.0545. The second-order valence-electron chi connectivity index (χ2n) is 9.68. The summed E-state index contributed by atoms with van der Waals surface area (Å²) in [4.78, 5) is 25.1. The van der Waals surface area contributed by atoms with Crippen LogP contribution in [0.5, 0.6) is 17.2 Å². The number of nitrogens with one attached hydrogen (secondary N) is 2. The molecule has 0 heterocycles. The van der Waals surface area contributed by atoms with Crippen molar-refractivity contribution in [3.8, 4) is 17.2 Å². The smallest absolute Gasteiger partial charge is 0.264 e. The fourth-order valence-electron chi connectivity index (χ4n) is 4.04. The zero-order valence-electron chi connectivity index (χ0n) is 25.1. The maximum atomic E-state index is 13.6. The van der Waals surface area contributed by atoms with Gasteiger partial charge in [-0.15, -0.1) is 0 Å². The molecule has 11 nitrogen and oxygen atoms in total. The molecule has 0 unspecified atom stereocenters. The summed E-state index contributed by atoms with van der Waals surface area (Å²) in [5, 5.41) is 6.71. The van der Waals surface area contributed by atoms with E-state index in [2.05, 4.69) is 15.8 Å². The lowest BCUT2D eigenvalue weighted by Crippen LogP contribution is -2.39. The Labute approximate surface area is 262 Å². The van der Waals surface area contributed by atoms with Gasteiger partial charge in [0.2, 0.25) is 0 Å². The van der Waals surface area contributed by atoms with Gasteiger partial charge in [-0.25, -0.2) is 13.8 Å². The second-order valence-corrected chi connectivity index (χ2v) is 11.5. The van der Waals surface area contributed by atoms with Gasteiger partial charge in [0.15, 0.2) is 6.61 Å². The molecule has 0 aliphatic rings. The number of rotatable bonds is 14. The molecule has 45 heavy (non-hydrogen) atoms. The highest BCUT2D eigenvalue weighted by atomic mass is 32.2. The number of benzene rings is 4. The van der Waals surface area contributed by atoms with E-state index in [0.29, 0.717) is 40.8 Å². The van der Waals surface area contributed by atoms with Crippen molar-refractivity contribution in [2.75, 3.05) is 36.5 Å². The van der Waals surface area contributed by atoms with Crippen LogP contribution in [0.15, 0.2) is 107 Å². The van der Waals surface area contributed by atoms with Gasteiger partial charge < -0.3 is 19.5 Å². The molecule has 0 atom stereocenters. The van der Waals surface area contributed by atoms with E-state index in [0.717, 1.165) is 9.87 Å². The van der Waals surface area contributed by atoms with Crippen molar-refractivity contribution in [1.29, 1.82) is 0 Å². The number of sulfonamides is 1. The monoisotopic (exact) mass is 630 g/mol. The van der Waals surface area contributed by atoms with Gasteiger partial charge >= 0.3 is 0 Å². The average Bonchev–Trinajstić information content (AvgIpc) is 3.04.